The number of anilines is 2. The van der Waals surface area contributed by atoms with Crippen molar-refractivity contribution in [1.29, 1.82) is 0 Å². The predicted octanol–water partition coefficient (Wildman–Crippen LogP) is 4.29. The average molecular weight is 437 g/mol. The Kier molecular flexibility index (Phi) is 6.45. The number of nitrogens with zero attached hydrogens (tertiary/aromatic N) is 2. The lowest BCUT2D eigenvalue weighted by atomic mass is 10.1. The fraction of sp³-hybridized carbons (Fsp3) is 0.111. The second kappa shape index (κ2) is 9.01. The minimum absolute atomic E-state index is 0.0751. The van der Waals surface area contributed by atoms with Gasteiger partial charge in [0.05, 0.1) is 41.0 Å². The van der Waals surface area contributed by atoms with Gasteiger partial charge in [0.25, 0.3) is 5.91 Å². The van der Waals surface area contributed by atoms with Crippen LogP contribution in [0.1, 0.15) is 16.1 Å². The molecule has 0 aliphatic heterocycles. The zero-order valence-electron chi connectivity index (χ0n) is 14.5. The average Bonchev–Trinajstić information content (AvgIpc) is 3.18. The molecule has 0 saturated heterocycles. The molecule has 10 heteroatoms. The molecule has 0 unspecified atom stereocenters. The van der Waals surface area contributed by atoms with E-state index in [1.165, 1.54) is 24.6 Å². The number of hydrogen-bond donors (Lipinski definition) is 2. The zero-order chi connectivity index (χ0) is 20.1. The van der Waals surface area contributed by atoms with Gasteiger partial charge in [-0.1, -0.05) is 23.2 Å². The first-order valence-corrected chi connectivity index (χ1v) is 9.63. The summed E-state index contributed by atoms with van der Waals surface area (Å²) in [4.78, 5) is 32.2. The quantitative estimate of drug-likeness (QED) is 0.600. The number of hydrogen-bond acceptors (Lipinski definition) is 6. The number of nitrogens with one attached hydrogen (secondary N) is 2. The lowest BCUT2D eigenvalue weighted by molar-refractivity contribution is -0.115. The highest BCUT2D eigenvalue weighted by molar-refractivity contribution is 7.07. The van der Waals surface area contributed by atoms with Crippen molar-refractivity contribution in [3.63, 3.8) is 0 Å². The van der Waals surface area contributed by atoms with Gasteiger partial charge in [0.2, 0.25) is 5.91 Å². The van der Waals surface area contributed by atoms with Crippen molar-refractivity contribution in [3.8, 4) is 5.75 Å². The number of halogens is 2. The van der Waals surface area contributed by atoms with Crippen LogP contribution in [0.5, 0.6) is 5.75 Å². The van der Waals surface area contributed by atoms with Crippen LogP contribution < -0.4 is 15.4 Å². The SMILES string of the molecule is COc1c(Cl)cc(CC(=O)Nc2ccc(NC(=O)c3cscn3)nc2)cc1Cl. The van der Waals surface area contributed by atoms with Crippen molar-refractivity contribution in [2.75, 3.05) is 17.7 Å². The van der Waals surface area contributed by atoms with Gasteiger partial charge in [-0.15, -0.1) is 11.3 Å². The Bertz CT molecular complexity index is 972. The van der Waals surface area contributed by atoms with Gasteiger partial charge in [0.15, 0.2) is 5.75 Å². The maximum atomic E-state index is 12.2. The molecule has 0 spiro atoms. The largest absolute Gasteiger partial charge is 0.494 e. The zero-order valence-corrected chi connectivity index (χ0v) is 16.9. The molecule has 1 aromatic carbocycles. The maximum absolute atomic E-state index is 12.2. The smallest absolute Gasteiger partial charge is 0.276 e. The number of aromatic nitrogens is 2. The van der Waals surface area contributed by atoms with E-state index in [0.717, 1.165) is 0 Å². The molecule has 2 N–H and O–H groups in total. The lowest BCUT2D eigenvalue weighted by Crippen LogP contribution is -2.15. The standard InChI is InChI=1S/C18H14Cl2N4O3S/c1-27-17-12(19)4-10(5-13(17)20)6-16(25)23-11-2-3-15(21-7-11)24-18(26)14-8-28-9-22-14/h2-5,7-9H,6H2,1H3,(H,23,25)(H,21,24,26). The summed E-state index contributed by atoms with van der Waals surface area (Å²) in [5.74, 6) is 0.105. The molecule has 0 saturated carbocycles. The van der Waals surface area contributed by atoms with Crippen molar-refractivity contribution >= 4 is 57.9 Å². The second-order valence-corrected chi connectivity index (χ2v) is 7.11. The molecule has 0 bridgehead atoms. The predicted molar refractivity (Wildman–Crippen MR) is 110 cm³/mol. The van der Waals surface area contributed by atoms with Crippen LogP contribution in [0.25, 0.3) is 0 Å². The Morgan fingerprint density at radius 3 is 2.46 bits per heavy atom. The molecule has 0 aliphatic rings. The summed E-state index contributed by atoms with van der Waals surface area (Å²) in [5.41, 5.74) is 3.03. The summed E-state index contributed by atoms with van der Waals surface area (Å²) in [7, 11) is 1.47. The van der Waals surface area contributed by atoms with E-state index < -0.39 is 0 Å². The fourth-order valence-electron chi connectivity index (χ4n) is 2.35. The van der Waals surface area contributed by atoms with Crippen LogP contribution in [-0.4, -0.2) is 28.9 Å². The molecular weight excluding hydrogens is 423 g/mol. The topological polar surface area (TPSA) is 93.2 Å². The minimum atomic E-state index is -0.348. The third-order valence-corrected chi connectivity index (χ3v) is 4.73. The summed E-state index contributed by atoms with van der Waals surface area (Å²) in [6, 6.07) is 6.47. The van der Waals surface area contributed by atoms with Crippen molar-refractivity contribution in [2.45, 2.75) is 6.42 Å². The molecule has 0 aliphatic carbocycles. The number of amides is 2. The van der Waals surface area contributed by atoms with E-state index in [4.69, 9.17) is 27.9 Å². The van der Waals surface area contributed by atoms with Gasteiger partial charge in [0.1, 0.15) is 11.5 Å². The molecule has 3 rings (SSSR count). The molecule has 2 amide bonds. The second-order valence-electron chi connectivity index (χ2n) is 5.58. The maximum Gasteiger partial charge on any atom is 0.276 e. The van der Waals surface area contributed by atoms with E-state index in [-0.39, 0.29) is 18.2 Å². The van der Waals surface area contributed by atoms with Crippen molar-refractivity contribution in [2.24, 2.45) is 0 Å². The molecule has 3 aromatic rings. The van der Waals surface area contributed by atoms with E-state index in [0.29, 0.717) is 38.6 Å². The van der Waals surface area contributed by atoms with Gasteiger partial charge in [-0.05, 0) is 29.8 Å². The van der Waals surface area contributed by atoms with Crippen LogP contribution in [0, 0.1) is 0 Å². The van der Waals surface area contributed by atoms with Gasteiger partial charge < -0.3 is 15.4 Å². The normalized spacial score (nSPS) is 10.4. The minimum Gasteiger partial charge on any atom is -0.494 e. The molecule has 2 aromatic heterocycles. The van der Waals surface area contributed by atoms with Crippen LogP contribution >= 0.6 is 34.5 Å². The Morgan fingerprint density at radius 1 is 1.14 bits per heavy atom. The summed E-state index contributed by atoms with van der Waals surface area (Å²) in [5, 5.41) is 7.66. The highest BCUT2D eigenvalue weighted by Crippen LogP contribution is 2.34. The monoisotopic (exact) mass is 436 g/mol. The molecule has 0 radical (unpaired) electrons. The summed E-state index contributed by atoms with van der Waals surface area (Å²) < 4.78 is 5.09. The number of benzene rings is 1. The number of carbonyl (C=O) groups is 2. The van der Waals surface area contributed by atoms with Crippen molar-refractivity contribution in [3.05, 3.63) is 62.7 Å². The fourth-order valence-corrected chi connectivity index (χ4v) is 3.57. The first kappa shape index (κ1) is 20.1. The van der Waals surface area contributed by atoms with Gasteiger partial charge in [-0.2, -0.15) is 0 Å². The number of rotatable bonds is 6. The highest BCUT2D eigenvalue weighted by atomic mass is 35.5. The molecule has 2 heterocycles. The lowest BCUT2D eigenvalue weighted by Gasteiger charge is -2.09. The number of methoxy groups -OCH3 is 1. The first-order valence-electron chi connectivity index (χ1n) is 7.93. The molecule has 28 heavy (non-hydrogen) atoms. The van der Waals surface area contributed by atoms with Crippen LogP contribution in [0.15, 0.2) is 41.4 Å². The van der Waals surface area contributed by atoms with Crippen LogP contribution in [0.3, 0.4) is 0 Å². The molecule has 7 nitrogen and oxygen atoms in total. The first-order chi connectivity index (χ1) is 13.5. The Hall–Kier alpha value is -2.68. The highest BCUT2D eigenvalue weighted by Gasteiger charge is 2.12. The molecular formula is C18H14Cl2N4O3S. The Morgan fingerprint density at radius 2 is 1.89 bits per heavy atom. The van der Waals surface area contributed by atoms with E-state index in [1.54, 1.807) is 35.2 Å². The molecule has 0 fully saturated rings. The van der Waals surface area contributed by atoms with E-state index in [1.807, 2.05) is 0 Å². The summed E-state index contributed by atoms with van der Waals surface area (Å²) in [6.07, 6.45) is 1.52. The van der Waals surface area contributed by atoms with E-state index >= 15 is 0 Å². The Balaban J connectivity index is 1.59. The van der Waals surface area contributed by atoms with Crippen molar-refractivity contribution in [1.82, 2.24) is 9.97 Å². The van der Waals surface area contributed by atoms with Gasteiger partial charge in [0, 0.05) is 5.38 Å². The summed E-state index contributed by atoms with van der Waals surface area (Å²) >= 11 is 13.5. The van der Waals surface area contributed by atoms with E-state index in [9.17, 15) is 9.59 Å². The number of pyridine rings is 1. The van der Waals surface area contributed by atoms with Crippen molar-refractivity contribution < 1.29 is 14.3 Å². The van der Waals surface area contributed by atoms with Crippen LogP contribution in [-0.2, 0) is 11.2 Å². The summed E-state index contributed by atoms with van der Waals surface area (Å²) in [6.45, 7) is 0. The van der Waals surface area contributed by atoms with Gasteiger partial charge in [-0.3, -0.25) is 9.59 Å². The third-order valence-electron chi connectivity index (χ3n) is 3.58. The third kappa shape index (κ3) is 4.98. The number of thiazole rings is 1. The van der Waals surface area contributed by atoms with Crippen LogP contribution in [0.2, 0.25) is 10.0 Å². The van der Waals surface area contributed by atoms with Gasteiger partial charge in [-0.25, -0.2) is 9.97 Å². The molecule has 0 atom stereocenters. The number of carbonyl (C=O) groups excluding carboxylic acids is 2. The van der Waals surface area contributed by atoms with Crippen LogP contribution in [0.4, 0.5) is 11.5 Å². The Labute approximate surface area is 174 Å². The van der Waals surface area contributed by atoms with E-state index in [2.05, 4.69) is 20.6 Å². The molecule has 144 valence electrons. The van der Waals surface area contributed by atoms with Gasteiger partial charge >= 0.3 is 0 Å². The number of ether oxygens (including phenoxy) is 1.